The number of piperidine rings is 1. The predicted molar refractivity (Wildman–Crippen MR) is 71.3 cm³/mol. The summed E-state index contributed by atoms with van der Waals surface area (Å²) < 4.78 is 11.0. The van der Waals surface area contributed by atoms with Crippen LogP contribution in [0.15, 0.2) is 0 Å². The minimum atomic E-state index is -0.824. The molecule has 0 aromatic heterocycles. The fraction of sp³-hybridized carbons (Fsp3) is 0.857. The van der Waals surface area contributed by atoms with Crippen molar-refractivity contribution in [3.05, 3.63) is 0 Å². The number of hydrogen-bond donors (Lipinski definition) is 1. The first-order valence-corrected chi connectivity index (χ1v) is 7.32. The van der Waals surface area contributed by atoms with E-state index in [4.69, 9.17) is 14.6 Å². The van der Waals surface area contributed by atoms with Gasteiger partial charge < -0.3 is 19.5 Å². The number of hydrogen-bond acceptors (Lipinski definition) is 4. The molecule has 6 nitrogen and oxygen atoms in total. The average molecular weight is 285 g/mol. The van der Waals surface area contributed by atoms with E-state index in [9.17, 15) is 9.59 Å². The van der Waals surface area contributed by atoms with Crippen LogP contribution in [0.4, 0.5) is 0 Å². The molecule has 0 aromatic rings. The predicted octanol–water partition coefficient (Wildman–Crippen LogP) is 0.894. The van der Waals surface area contributed by atoms with Crippen LogP contribution in [0, 0.1) is 5.92 Å². The highest BCUT2D eigenvalue weighted by Gasteiger charge is 2.31. The maximum atomic E-state index is 12.2. The first-order chi connectivity index (χ1) is 9.58. The van der Waals surface area contributed by atoms with Crippen molar-refractivity contribution in [2.75, 3.05) is 26.3 Å². The third kappa shape index (κ3) is 3.93. The molecule has 1 N–H and O–H groups in total. The molecule has 0 aromatic carbocycles. The number of nitrogens with zero attached hydrogens (tertiary/aromatic N) is 1. The smallest absolute Gasteiger partial charge is 0.308 e. The van der Waals surface area contributed by atoms with Gasteiger partial charge in [-0.1, -0.05) is 0 Å². The molecule has 3 unspecified atom stereocenters. The van der Waals surface area contributed by atoms with E-state index in [1.807, 2.05) is 0 Å². The molecule has 1 amide bonds. The van der Waals surface area contributed by atoms with Crippen molar-refractivity contribution in [1.29, 1.82) is 0 Å². The maximum absolute atomic E-state index is 12.2. The van der Waals surface area contributed by atoms with Crippen molar-refractivity contribution in [3.63, 3.8) is 0 Å². The Morgan fingerprint density at radius 2 is 2.20 bits per heavy atom. The fourth-order valence-electron chi connectivity index (χ4n) is 2.73. The van der Waals surface area contributed by atoms with Crippen LogP contribution in [0.2, 0.25) is 0 Å². The van der Waals surface area contributed by atoms with Gasteiger partial charge in [-0.25, -0.2) is 0 Å². The molecule has 0 saturated carbocycles. The number of rotatable bonds is 5. The Morgan fingerprint density at radius 3 is 2.85 bits per heavy atom. The van der Waals surface area contributed by atoms with Crippen LogP contribution in [0.3, 0.4) is 0 Å². The zero-order valence-corrected chi connectivity index (χ0v) is 11.9. The Morgan fingerprint density at radius 1 is 1.40 bits per heavy atom. The van der Waals surface area contributed by atoms with E-state index in [-0.39, 0.29) is 12.0 Å². The molecular weight excluding hydrogens is 262 g/mol. The third-order valence-electron chi connectivity index (χ3n) is 3.99. The van der Waals surface area contributed by atoms with Gasteiger partial charge in [-0.2, -0.15) is 0 Å². The fourth-order valence-corrected chi connectivity index (χ4v) is 2.73. The zero-order chi connectivity index (χ0) is 14.5. The second kappa shape index (κ2) is 7.04. The average Bonchev–Trinajstić information content (AvgIpc) is 2.97. The van der Waals surface area contributed by atoms with Crippen molar-refractivity contribution in [2.45, 2.75) is 44.8 Å². The van der Waals surface area contributed by atoms with Gasteiger partial charge in [-0.3, -0.25) is 9.59 Å². The molecule has 6 heteroatoms. The number of aliphatic carboxylic acids is 1. The van der Waals surface area contributed by atoms with Crippen molar-refractivity contribution in [2.24, 2.45) is 5.92 Å². The molecular formula is C14H23NO5. The highest BCUT2D eigenvalue weighted by molar-refractivity contribution is 5.81. The molecule has 3 atom stereocenters. The Bertz CT molecular complexity index is 353. The zero-order valence-electron chi connectivity index (χ0n) is 11.9. The monoisotopic (exact) mass is 285 g/mol. The summed E-state index contributed by atoms with van der Waals surface area (Å²) in [6.45, 7) is 3.84. The van der Waals surface area contributed by atoms with Crippen LogP contribution >= 0.6 is 0 Å². The van der Waals surface area contributed by atoms with Gasteiger partial charge in [0.25, 0.3) is 5.91 Å². The molecule has 2 heterocycles. The van der Waals surface area contributed by atoms with E-state index in [1.165, 1.54) is 0 Å². The maximum Gasteiger partial charge on any atom is 0.308 e. The van der Waals surface area contributed by atoms with E-state index in [2.05, 4.69) is 0 Å². The Kier molecular flexibility index (Phi) is 5.37. The Hall–Kier alpha value is -1.14. The number of amides is 1. The summed E-state index contributed by atoms with van der Waals surface area (Å²) in [6, 6.07) is 0. The first kappa shape index (κ1) is 15.3. The van der Waals surface area contributed by atoms with Crippen LogP contribution in [-0.2, 0) is 19.1 Å². The molecule has 2 fully saturated rings. The third-order valence-corrected chi connectivity index (χ3v) is 3.99. The molecule has 114 valence electrons. The Labute approximate surface area is 119 Å². The van der Waals surface area contributed by atoms with Gasteiger partial charge >= 0.3 is 5.97 Å². The molecule has 2 aliphatic heterocycles. The summed E-state index contributed by atoms with van der Waals surface area (Å²) >= 11 is 0. The van der Waals surface area contributed by atoms with Crippen molar-refractivity contribution < 1.29 is 24.2 Å². The van der Waals surface area contributed by atoms with E-state index >= 15 is 0 Å². The second-order valence-corrected chi connectivity index (χ2v) is 5.57. The highest BCUT2D eigenvalue weighted by atomic mass is 16.5. The second-order valence-electron chi connectivity index (χ2n) is 5.57. The minimum absolute atomic E-state index is 0.0957. The van der Waals surface area contributed by atoms with Gasteiger partial charge in [0.15, 0.2) is 0 Å². The Balaban J connectivity index is 1.78. The molecule has 0 aliphatic carbocycles. The van der Waals surface area contributed by atoms with E-state index in [1.54, 1.807) is 11.8 Å². The van der Waals surface area contributed by atoms with Crippen molar-refractivity contribution in [3.8, 4) is 0 Å². The SMILES string of the molecule is CC(OCC1CCCO1)C(=O)N1CCCC(C(=O)O)C1. The molecule has 20 heavy (non-hydrogen) atoms. The molecule has 0 radical (unpaired) electrons. The van der Waals surface area contributed by atoms with Gasteiger partial charge in [0.05, 0.1) is 18.6 Å². The summed E-state index contributed by atoms with van der Waals surface area (Å²) in [5.74, 6) is -1.39. The van der Waals surface area contributed by atoms with Gasteiger partial charge in [0.2, 0.25) is 0 Å². The van der Waals surface area contributed by atoms with Crippen molar-refractivity contribution >= 4 is 11.9 Å². The van der Waals surface area contributed by atoms with Crippen LogP contribution < -0.4 is 0 Å². The van der Waals surface area contributed by atoms with Gasteiger partial charge in [-0.15, -0.1) is 0 Å². The lowest BCUT2D eigenvalue weighted by Gasteiger charge is -2.32. The quantitative estimate of drug-likeness (QED) is 0.812. The number of carbonyl (C=O) groups excluding carboxylic acids is 1. The van der Waals surface area contributed by atoms with Crippen LogP contribution in [0.25, 0.3) is 0 Å². The lowest BCUT2D eigenvalue weighted by Crippen LogP contribution is -2.46. The van der Waals surface area contributed by atoms with E-state index < -0.39 is 18.0 Å². The lowest BCUT2D eigenvalue weighted by molar-refractivity contribution is -0.151. The van der Waals surface area contributed by atoms with Gasteiger partial charge in [0, 0.05) is 19.7 Å². The van der Waals surface area contributed by atoms with Crippen LogP contribution in [-0.4, -0.2) is 60.4 Å². The number of ether oxygens (including phenoxy) is 2. The molecule has 2 aliphatic rings. The molecule has 0 bridgehead atoms. The standard InChI is InChI=1S/C14H23NO5/c1-10(20-9-12-5-3-7-19-12)13(16)15-6-2-4-11(8-15)14(17)18/h10-12H,2-9H2,1H3,(H,17,18). The largest absolute Gasteiger partial charge is 0.481 e. The molecule has 2 rings (SSSR count). The summed E-state index contributed by atoms with van der Waals surface area (Å²) in [4.78, 5) is 24.9. The lowest BCUT2D eigenvalue weighted by atomic mass is 9.98. The topological polar surface area (TPSA) is 76.1 Å². The first-order valence-electron chi connectivity index (χ1n) is 7.32. The van der Waals surface area contributed by atoms with Crippen LogP contribution in [0.1, 0.15) is 32.6 Å². The number of carboxylic acids is 1. The number of carboxylic acid groups (broad SMARTS) is 1. The molecule has 0 spiro atoms. The summed E-state index contributed by atoms with van der Waals surface area (Å²) in [7, 11) is 0. The summed E-state index contributed by atoms with van der Waals surface area (Å²) in [5, 5.41) is 9.04. The number of likely N-dealkylation sites (tertiary alicyclic amines) is 1. The molecule has 2 saturated heterocycles. The van der Waals surface area contributed by atoms with Gasteiger partial charge in [-0.05, 0) is 32.6 Å². The summed E-state index contributed by atoms with van der Waals surface area (Å²) in [5.41, 5.74) is 0. The van der Waals surface area contributed by atoms with Crippen LogP contribution in [0.5, 0.6) is 0 Å². The number of carbonyl (C=O) groups is 2. The van der Waals surface area contributed by atoms with E-state index in [0.29, 0.717) is 26.1 Å². The summed E-state index contributed by atoms with van der Waals surface area (Å²) in [6.07, 6.45) is 2.96. The normalized spacial score (nSPS) is 28.4. The minimum Gasteiger partial charge on any atom is -0.481 e. The highest BCUT2D eigenvalue weighted by Crippen LogP contribution is 2.18. The van der Waals surface area contributed by atoms with Crippen molar-refractivity contribution in [1.82, 2.24) is 4.90 Å². The van der Waals surface area contributed by atoms with E-state index in [0.717, 1.165) is 25.9 Å². The van der Waals surface area contributed by atoms with Gasteiger partial charge in [0.1, 0.15) is 6.10 Å².